The highest BCUT2D eigenvalue weighted by Crippen LogP contribution is 2.26. The van der Waals surface area contributed by atoms with E-state index in [2.05, 4.69) is 5.32 Å². The van der Waals surface area contributed by atoms with E-state index >= 15 is 0 Å². The van der Waals surface area contributed by atoms with E-state index in [4.69, 9.17) is 5.11 Å². The lowest BCUT2D eigenvalue weighted by molar-refractivity contribution is -0.144. The average Bonchev–Trinajstić information content (AvgIpc) is 3.10. The van der Waals surface area contributed by atoms with Crippen molar-refractivity contribution in [2.45, 2.75) is 24.9 Å². The zero-order chi connectivity index (χ0) is 12.6. The maximum absolute atomic E-state index is 12.0. The molecule has 0 aromatic carbocycles. The summed E-state index contributed by atoms with van der Waals surface area (Å²) >= 11 is 0. The Kier molecular flexibility index (Phi) is 2.91. The fraction of sp³-hybridized carbons (Fsp3) is 0.700. The zero-order valence-electron chi connectivity index (χ0n) is 9.55. The monoisotopic (exact) mass is 241 g/mol. The molecule has 1 aliphatic carbocycles. The molecule has 7 heteroatoms. The molecule has 0 bridgehead atoms. The number of carboxylic acids is 1. The molecule has 7 nitrogen and oxygen atoms in total. The summed E-state index contributed by atoms with van der Waals surface area (Å²) in [7, 11) is 1.64. The first-order chi connectivity index (χ1) is 8.00. The summed E-state index contributed by atoms with van der Waals surface area (Å²) in [5.41, 5.74) is 0. The molecular formula is C10H15N3O4. The zero-order valence-corrected chi connectivity index (χ0v) is 9.55. The van der Waals surface area contributed by atoms with Gasteiger partial charge in [-0.2, -0.15) is 0 Å². The number of nitrogens with zero attached hydrogens (tertiary/aromatic N) is 2. The van der Waals surface area contributed by atoms with Crippen LogP contribution in [0.2, 0.25) is 0 Å². The van der Waals surface area contributed by atoms with Gasteiger partial charge in [0.1, 0.15) is 12.6 Å². The lowest BCUT2D eigenvalue weighted by Crippen LogP contribution is -2.61. The van der Waals surface area contributed by atoms with Gasteiger partial charge in [-0.3, -0.25) is 9.69 Å². The van der Waals surface area contributed by atoms with E-state index in [0.29, 0.717) is 0 Å². The molecule has 1 saturated carbocycles. The second-order valence-electron chi connectivity index (χ2n) is 4.41. The average molecular weight is 241 g/mol. The summed E-state index contributed by atoms with van der Waals surface area (Å²) in [6, 6.07) is -1.15. The highest BCUT2D eigenvalue weighted by atomic mass is 16.4. The van der Waals surface area contributed by atoms with E-state index in [-0.39, 0.29) is 31.1 Å². The van der Waals surface area contributed by atoms with E-state index in [9.17, 15) is 14.4 Å². The molecule has 2 aliphatic rings. The van der Waals surface area contributed by atoms with Gasteiger partial charge in [0.15, 0.2) is 0 Å². The summed E-state index contributed by atoms with van der Waals surface area (Å²) < 4.78 is 0. The quantitative estimate of drug-likeness (QED) is 0.654. The first kappa shape index (κ1) is 11.7. The molecule has 17 heavy (non-hydrogen) atoms. The smallest absolute Gasteiger partial charge is 0.328 e. The van der Waals surface area contributed by atoms with Gasteiger partial charge in [0, 0.05) is 19.6 Å². The van der Waals surface area contributed by atoms with Crippen LogP contribution in [-0.4, -0.2) is 65.0 Å². The van der Waals surface area contributed by atoms with Crippen LogP contribution in [-0.2, 0) is 9.59 Å². The molecular weight excluding hydrogens is 226 g/mol. The van der Waals surface area contributed by atoms with Gasteiger partial charge >= 0.3 is 12.0 Å². The van der Waals surface area contributed by atoms with Gasteiger partial charge in [0.25, 0.3) is 0 Å². The van der Waals surface area contributed by atoms with Crippen LogP contribution in [0, 0.1) is 0 Å². The molecule has 1 atom stereocenters. The third-order valence-corrected chi connectivity index (χ3v) is 3.11. The topological polar surface area (TPSA) is 90.0 Å². The van der Waals surface area contributed by atoms with Crippen molar-refractivity contribution in [3.63, 3.8) is 0 Å². The number of carbonyl (C=O) groups excluding carboxylic acids is 2. The Hall–Kier alpha value is -1.79. The molecule has 1 heterocycles. The molecule has 2 fully saturated rings. The molecule has 1 unspecified atom stereocenters. The van der Waals surface area contributed by atoms with Gasteiger partial charge in [-0.1, -0.05) is 0 Å². The Balaban J connectivity index is 2.10. The maximum atomic E-state index is 12.0. The van der Waals surface area contributed by atoms with Gasteiger partial charge in [-0.05, 0) is 12.8 Å². The number of aliphatic carboxylic acids is 1. The van der Waals surface area contributed by atoms with E-state index in [1.54, 1.807) is 7.05 Å². The van der Waals surface area contributed by atoms with Crippen molar-refractivity contribution in [3.8, 4) is 0 Å². The highest BCUT2D eigenvalue weighted by Gasteiger charge is 2.39. The van der Waals surface area contributed by atoms with Crippen LogP contribution >= 0.6 is 0 Å². The van der Waals surface area contributed by atoms with Gasteiger partial charge in [-0.25, -0.2) is 9.59 Å². The molecule has 2 rings (SSSR count). The molecule has 94 valence electrons. The van der Waals surface area contributed by atoms with Gasteiger partial charge < -0.3 is 15.3 Å². The molecule has 1 aliphatic heterocycles. The molecule has 1 saturated heterocycles. The predicted octanol–water partition coefficient (Wildman–Crippen LogP) is -0.914. The number of amides is 3. The van der Waals surface area contributed by atoms with Gasteiger partial charge in [0.2, 0.25) is 5.91 Å². The fourth-order valence-electron chi connectivity index (χ4n) is 1.88. The van der Waals surface area contributed by atoms with Gasteiger partial charge in [0.05, 0.1) is 0 Å². The Morgan fingerprint density at radius 3 is 2.65 bits per heavy atom. The normalized spacial score (nSPS) is 24.2. The Bertz CT molecular complexity index is 367. The van der Waals surface area contributed by atoms with Crippen LogP contribution in [0.1, 0.15) is 12.8 Å². The number of carbonyl (C=O) groups is 3. The predicted molar refractivity (Wildman–Crippen MR) is 57.3 cm³/mol. The second kappa shape index (κ2) is 4.23. The van der Waals surface area contributed by atoms with E-state index < -0.39 is 12.0 Å². The van der Waals surface area contributed by atoms with Crippen LogP contribution in [0.25, 0.3) is 0 Å². The van der Waals surface area contributed by atoms with Crippen molar-refractivity contribution in [2.75, 3.05) is 20.1 Å². The van der Waals surface area contributed by atoms with Gasteiger partial charge in [-0.15, -0.1) is 0 Å². The van der Waals surface area contributed by atoms with Crippen molar-refractivity contribution >= 4 is 17.9 Å². The number of carboxylic acid groups (broad SMARTS) is 1. The Morgan fingerprint density at radius 1 is 1.47 bits per heavy atom. The number of hydrogen-bond acceptors (Lipinski definition) is 3. The van der Waals surface area contributed by atoms with Crippen LogP contribution in [0.4, 0.5) is 4.79 Å². The Labute approximate surface area is 98.4 Å². The summed E-state index contributed by atoms with van der Waals surface area (Å²) in [6.45, 7) is -0.217. The van der Waals surface area contributed by atoms with Crippen LogP contribution < -0.4 is 5.32 Å². The third kappa shape index (κ3) is 2.32. The van der Waals surface area contributed by atoms with Crippen molar-refractivity contribution in [2.24, 2.45) is 0 Å². The number of urea groups is 1. The lowest BCUT2D eigenvalue weighted by atomic mass is 10.2. The minimum atomic E-state index is -1.09. The van der Waals surface area contributed by atoms with E-state index in [0.717, 1.165) is 17.7 Å². The number of piperazine rings is 1. The van der Waals surface area contributed by atoms with E-state index in [1.165, 1.54) is 4.90 Å². The second-order valence-corrected chi connectivity index (χ2v) is 4.41. The van der Waals surface area contributed by atoms with Crippen molar-refractivity contribution in [1.29, 1.82) is 0 Å². The largest absolute Gasteiger partial charge is 0.480 e. The number of hydrogen-bond donors (Lipinski definition) is 2. The highest BCUT2D eigenvalue weighted by molar-refractivity contribution is 5.90. The summed E-state index contributed by atoms with van der Waals surface area (Å²) in [4.78, 5) is 37.0. The van der Waals surface area contributed by atoms with Crippen molar-refractivity contribution < 1.29 is 19.5 Å². The first-order valence-electron chi connectivity index (χ1n) is 5.53. The minimum Gasteiger partial charge on any atom is -0.480 e. The molecule has 0 spiro atoms. The Morgan fingerprint density at radius 2 is 2.12 bits per heavy atom. The molecule has 0 aromatic heterocycles. The van der Waals surface area contributed by atoms with E-state index in [1.807, 2.05) is 0 Å². The van der Waals surface area contributed by atoms with Crippen LogP contribution in [0.3, 0.4) is 0 Å². The number of nitrogens with one attached hydrogen (secondary N) is 1. The third-order valence-electron chi connectivity index (χ3n) is 3.11. The molecule has 0 radical (unpaired) electrons. The molecule has 0 aromatic rings. The SMILES string of the molecule is CN(C(=O)N1CC(=O)NCC1C(=O)O)C1CC1. The fourth-order valence-corrected chi connectivity index (χ4v) is 1.88. The summed E-state index contributed by atoms with van der Waals surface area (Å²) in [5, 5.41) is 11.5. The van der Waals surface area contributed by atoms with Crippen molar-refractivity contribution in [3.05, 3.63) is 0 Å². The number of rotatable bonds is 2. The maximum Gasteiger partial charge on any atom is 0.328 e. The van der Waals surface area contributed by atoms with Crippen molar-refractivity contribution in [1.82, 2.24) is 15.1 Å². The van der Waals surface area contributed by atoms with Crippen LogP contribution in [0.15, 0.2) is 0 Å². The minimum absolute atomic E-state index is 0.0294. The standard InChI is InChI=1S/C10H15N3O4/c1-12(6-2-3-6)10(17)13-5-8(14)11-4-7(13)9(15)16/h6-7H,2-5H2,1H3,(H,11,14)(H,15,16). The van der Waals surface area contributed by atoms with Crippen LogP contribution in [0.5, 0.6) is 0 Å². The molecule has 2 N–H and O–H groups in total. The summed E-state index contributed by atoms with van der Waals surface area (Å²) in [6.07, 6.45) is 1.89. The molecule has 3 amide bonds. The lowest BCUT2D eigenvalue weighted by Gasteiger charge is -2.35. The first-order valence-corrected chi connectivity index (χ1v) is 5.53. The summed E-state index contributed by atoms with van der Waals surface area (Å²) in [5.74, 6) is -1.41.